The molecule has 1 N–H and O–H groups in total. The number of carbonyl (C=O) groups excluding carboxylic acids is 3. The van der Waals surface area contributed by atoms with Gasteiger partial charge >= 0.3 is 5.97 Å². The minimum absolute atomic E-state index is 0.0280. The van der Waals surface area contributed by atoms with E-state index in [4.69, 9.17) is 14.2 Å². The highest BCUT2D eigenvalue weighted by atomic mass is 16.5. The van der Waals surface area contributed by atoms with E-state index in [0.29, 0.717) is 22.6 Å². The summed E-state index contributed by atoms with van der Waals surface area (Å²) in [5.74, 6) is -0.122. The van der Waals surface area contributed by atoms with E-state index in [9.17, 15) is 14.4 Å². The van der Waals surface area contributed by atoms with Crippen LogP contribution in [0.3, 0.4) is 0 Å². The molecular formula is C23H27NO6. The van der Waals surface area contributed by atoms with E-state index < -0.39 is 11.9 Å². The Bertz CT molecular complexity index is 980. The zero-order valence-electron chi connectivity index (χ0n) is 18.2. The molecule has 0 aromatic heterocycles. The fourth-order valence-electron chi connectivity index (χ4n) is 3.43. The van der Waals surface area contributed by atoms with Crippen molar-refractivity contribution >= 4 is 17.7 Å². The maximum Gasteiger partial charge on any atom is 0.325 e. The molecule has 0 atom stereocenters. The van der Waals surface area contributed by atoms with Gasteiger partial charge in [0.2, 0.25) is 0 Å². The molecule has 7 heteroatoms. The van der Waals surface area contributed by atoms with Crippen LogP contribution >= 0.6 is 0 Å². The third-order valence-electron chi connectivity index (χ3n) is 4.90. The summed E-state index contributed by atoms with van der Waals surface area (Å²) in [6, 6.07) is 6.62. The van der Waals surface area contributed by atoms with Crippen molar-refractivity contribution in [3.63, 3.8) is 0 Å². The number of Topliss-reactive ketones (excluding diaryl/α,β-unsaturated/α-hetero) is 1. The van der Waals surface area contributed by atoms with Crippen LogP contribution in [0, 0.1) is 20.8 Å². The molecule has 1 amide bonds. The van der Waals surface area contributed by atoms with Crippen LogP contribution in [-0.4, -0.2) is 38.4 Å². The third kappa shape index (κ3) is 5.17. The summed E-state index contributed by atoms with van der Waals surface area (Å²) in [6.45, 7) is 6.91. The van der Waals surface area contributed by atoms with Gasteiger partial charge in [0.15, 0.2) is 17.3 Å². The van der Waals surface area contributed by atoms with Crippen LogP contribution in [0.5, 0.6) is 11.5 Å². The van der Waals surface area contributed by atoms with Gasteiger partial charge in [0, 0.05) is 11.1 Å². The van der Waals surface area contributed by atoms with Crippen molar-refractivity contribution in [2.75, 3.05) is 20.8 Å². The number of methoxy groups -OCH3 is 2. The largest absolute Gasteiger partial charge is 0.493 e. The smallest absolute Gasteiger partial charge is 0.325 e. The Labute approximate surface area is 176 Å². The Kier molecular flexibility index (Phi) is 7.58. The maximum atomic E-state index is 12.3. The van der Waals surface area contributed by atoms with Gasteiger partial charge < -0.3 is 19.5 Å². The number of benzene rings is 2. The van der Waals surface area contributed by atoms with Gasteiger partial charge in [-0.25, -0.2) is 0 Å². The first-order chi connectivity index (χ1) is 14.2. The molecule has 30 heavy (non-hydrogen) atoms. The Morgan fingerprint density at radius 2 is 1.60 bits per heavy atom. The van der Waals surface area contributed by atoms with Crippen LogP contribution in [0.25, 0.3) is 0 Å². The third-order valence-corrected chi connectivity index (χ3v) is 4.90. The molecule has 2 aromatic carbocycles. The lowest BCUT2D eigenvalue weighted by atomic mass is 9.92. The summed E-state index contributed by atoms with van der Waals surface area (Å²) in [5, 5.41) is 2.53. The topological polar surface area (TPSA) is 90.9 Å². The van der Waals surface area contributed by atoms with Gasteiger partial charge in [-0.2, -0.15) is 0 Å². The van der Waals surface area contributed by atoms with Crippen LogP contribution in [0.1, 0.15) is 49.9 Å². The Morgan fingerprint density at radius 1 is 0.933 bits per heavy atom. The first kappa shape index (κ1) is 22.9. The highest BCUT2D eigenvalue weighted by Gasteiger charge is 2.16. The fraction of sp³-hybridized carbons (Fsp3) is 0.348. The van der Waals surface area contributed by atoms with Crippen LogP contribution in [0.2, 0.25) is 0 Å². The number of ketones is 1. The van der Waals surface area contributed by atoms with Gasteiger partial charge in [0.05, 0.1) is 14.2 Å². The monoisotopic (exact) mass is 413 g/mol. The number of nitrogens with one attached hydrogen (secondary N) is 1. The number of hydrogen-bond acceptors (Lipinski definition) is 6. The van der Waals surface area contributed by atoms with Crippen molar-refractivity contribution in [1.82, 2.24) is 5.32 Å². The van der Waals surface area contributed by atoms with Crippen LogP contribution in [-0.2, 0) is 16.1 Å². The van der Waals surface area contributed by atoms with Gasteiger partial charge in [-0.15, -0.1) is 0 Å². The Hall–Kier alpha value is -3.35. The second kappa shape index (κ2) is 9.91. The van der Waals surface area contributed by atoms with E-state index in [0.717, 1.165) is 22.3 Å². The number of carbonyl (C=O) groups is 3. The van der Waals surface area contributed by atoms with Crippen LogP contribution in [0.15, 0.2) is 24.3 Å². The first-order valence-corrected chi connectivity index (χ1v) is 9.46. The summed E-state index contributed by atoms with van der Waals surface area (Å²) in [5.41, 5.74) is 4.42. The average molecular weight is 413 g/mol. The maximum absolute atomic E-state index is 12.3. The molecule has 0 unspecified atom stereocenters. The summed E-state index contributed by atoms with van der Waals surface area (Å²) >= 11 is 0. The van der Waals surface area contributed by atoms with E-state index in [1.165, 1.54) is 27.2 Å². The number of ether oxygens (including phenoxy) is 3. The number of aryl methyl sites for hydroxylation is 2. The molecule has 0 heterocycles. The molecule has 0 aliphatic rings. The summed E-state index contributed by atoms with van der Waals surface area (Å²) in [4.78, 5) is 36.4. The zero-order valence-corrected chi connectivity index (χ0v) is 18.2. The predicted molar refractivity (Wildman–Crippen MR) is 112 cm³/mol. The second-order valence-electron chi connectivity index (χ2n) is 6.96. The fourth-order valence-corrected chi connectivity index (χ4v) is 3.43. The van der Waals surface area contributed by atoms with Crippen molar-refractivity contribution in [2.45, 2.75) is 34.3 Å². The molecule has 7 nitrogen and oxygen atoms in total. The number of rotatable bonds is 8. The van der Waals surface area contributed by atoms with Gasteiger partial charge in [-0.05, 0) is 68.1 Å². The summed E-state index contributed by atoms with van der Waals surface area (Å²) in [7, 11) is 2.98. The lowest BCUT2D eigenvalue weighted by Crippen LogP contribution is -2.30. The molecule has 0 aliphatic heterocycles. The number of esters is 1. The normalized spacial score (nSPS) is 10.3. The Morgan fingerprint density at radius 3 is 2.20 bits per heavy atom. The molecule has 0 aliphatic carbocycles. The van der Waals surface area contributed by atoms with Gasteiger partial charge in [0.1, 0.15) is 13.2 Å². The first-order valence-electron chi connectivity index (χ1n) is 9.46. The van der Waals surface area contributed by atoms with E-state index >= 15 is 0 Å². The number of amides is 1. The lowest BCUT2D eigenvalue weighted by Gasteiger charge is -2.16. The average Bonchev–Trinajstić information content (AvgIpc) is 2.70. The Balaban J connectivity index is 2.00. The minimum atomic E-state index is -0.576. The van der Waals surface area contributed by atoms with Gasteiger partial charge in [0.25, 0.3) is 5.91 Å². The van der Waals surface area contributed by atoms with Crippen molar-refractivity contribution < 1.29 is 28.6 Å². The molecule has 0 fully saturated rings. The van der Waals surface area contributed by atoms with Gasteiger partial charge in [-0.1, -0.05) is 6.07 Å². The highest BCUT2D eigenvalue weighted by Crippen LogP contribution is 2.27. The van der Waals surface area contributed by atoms with Crippen LogP contribution in [0.4, 0.5) is 0 Å². The SMILES string of the molecule is COc1ccc(C(=O)NCC(=O)OCc2c(C)cc(C)c(C(C)=O)c2C)cc1OC. The molecular weight excluding hydrogens is 386 g/mol. The zero-order chi connectivity index (χ0) is 22.4. The quantitative estimate of drug-likeness (QED) is 0.527. The summed E-state index contributed by atoms with van der Waals surface area (Å²) < 4.78 is 15.6. The standard InChI is InChI=1S/C23H27NO6/c1-13-9-14(2)22(16(4)25)15(3)18(13)12-30-21(26)11-24-23(27)17-7-8-19(28-5)20(10-17)29-6/h7-10H,11-12H2,1-6H3,(H,24,27). The molecule has 0 radical (unpaired) electrons. The molecule has 2 rings (SSSR count). The van der Waals surface area contributed by atoms with E-state index in [-0.39, 0.29) is 18.9 Å². The molecule has 0 spiro atoms. The molecule has 2 aromatic rings. The van der Waals surface area contributed by atoms with Crippen molar-refractivity contribution in [3.8, 4) is 11.5 Å². The van der Waals surface area contributed by atoms with Crippen molar-refractivity contribution in [1.29, 1.82) is 0 Å². The van der Waals surface area contributed by atoms with Crippen molar-refractivity contribution in [2.24, 2.45) is 0 Å². The molecule has 160 valence electrons. The second-order valence-corrected chi connectivity index (χ2v) is 6.96. The van der Waals surface area contributed by atoms with Crippen LogP contribution < -0.4 is 14.8 Å². The highest BCUT2D eigenvalue weighted by molar-refractivity contribution is 5.97. The molecule has 0 bridgehead atoms. The lowest BCUT2D eigenvalue weighted by molar-refractivity contribution is -0.143. The number of hydrogen-bond donors (Lipinski definition) is 1. The minimum Gasteiger partial charge on any atom is -0.493 e. The molecule has 0 saturated heterocycles. The molecule has 0 saturated carbocycles. The van der Waals surface area contributed by atoms with E-state index in [1.54, 1.807) is 12.1 Å². The predicted octanol–water partition coefficient (Wildman–Crippen LogP) is 3.30. The van der Waals surface area contributed by atoms with E-state index in [2.05, 4.69) is 5.32 Å². The van der Waals surface area contributed by atoms with Crippen molar-refractivity contribution in [3.05, 3.63) is 57.6 Å². The summed E-state index contributed by atoms with van der Waals surface area (Å²) in [6.07, 6.45) is 0. The van der Waals surface area contributed by atoms with E-state index in [1.807, 2.05) is 26.8 Å². The van der Waals surface area contributed by atoms with Gasteiger partial charge in [-0.3, -0.25) is 14.4 Å².